The van der Waals surface area contributed by atoms with Crippen LogP contribution in [0, 0.1) is 5.82 Å². The molecular weight excluding hydrogens is 279 g/mol. The van der Waals surface area contributed by atoms with Crippen molar-refractivity contribution >= 4 is 11.6 Å². The van der Waals surface area contributed by atoms with Gasteiger partial charge in [0.25, 0.3) is 0 Å². The highest BCUT2D eigenvalue weighted by molar-refractivity contribution is 5.78. The van der Waals surface area contributed by atoms with Crippen molar-refractivity contribution in [3.05, 3.63) is 65.5 Å². The van der Waals surface area contributed by atoms with Crippen molar-refractivity contribution in [3.63, 3.8) is 0 Å². The maximum Gasteiger partial charge on any atom is 0.227 e. The molecule has 0 aliphatic heterocycles. The molecule has 0 unspecified atom stereocenters. The maximum atomic E-state index is 12.9. The lowest BCUT2D eigenvalue weighted by Crippen LogP contribution is -2.27. The number of anilines is 1. The normalized spacial score (nSPS) is 10.4. The van der Waals surface area contributed by atoms with Gasteiger partial charge in [-0.3, -0.25) is 4.79 Å². The summed E-state index contributed by atoms with van der Waals surface area (Å²) >= 11 is 0. The van der Waals surface area contributed by atoms with Crippen molar-refractivity contribution < 1.29 is 9.18 Å². The van der Waals surface area contributed by atoms with E-state index in [-0.39, 0.29) is 18.1 Å². The lowest BCUT2D eigenvalue weighted by Gasteiger charge is -2.18. The van der Waals surface area contributed by atoms with E-state index in [0.717, 1.165) is 16.8 Å². The second-order valence-corrected chi connectivity index (χ2v) is 5.61. The van der Waals surface area contributed by atoms with E-state index in [2.05, 4.69) is 0 Å². The van der Waals surface area contributed by atoms with Crippen molar-refractivity contribution in [2.24, 2.45) is 0 Å². The molecule has 0 heterocycles. The van der Waals surface area contributed by atoms with Crippen molar-refractivity contribution in [2.45, 2.75) is 13.0 Å². The van der Waals surface area contributed by atoms with E-state index >= 15 is 0 Å². The Morgan fingerprint density at radius 1 is 0.909 bits per heavy atom. The van der Waals surface area contributed by atoms with E-state index in [1.54, 1.807) is 24.1 Å². The Kier molecular flexibility index (Phi) is 5.15. The summed E-state index contributed by atoms with van der Waals surface area (Å²) in [6.45, 7) is 0.563. The topological polar surface area (TPSA) is 23.6 Å². The third-order valence-corrected chi connectivity index (χ3v) is 3.57. The van der Waals surface area contributed by atoms with E-state index < -0.39 is 0 Å². The first kappa shape index (κ1) is 16.0. The highest BCUT2D eigenvalue weighted by Gasteiger charge is 2.10. The number of benzene rings is 2. The maximum absolute atomic E-state index is 12.9. The molecule has 0 atom stereocenters. The molecule has 2 rings (SSSR count). The van der Waals surface area contributed by atoms with E-state index in [1.165, 1.54) is 12.1 Å². The molecule has 3 nitrogen and oxygen atoms in total. The Morgan fingerprint density at radius 3 is 2.00 bits per heavy atom. The van der Waals surface area contributed by atoms with E-state index in [1.807, 2.05) is 43.3 Å². The number of hydrogen-bond acceptors (Lipinski definition) is 2. The summed E-state index contributed by atoms with van der Waals surface area (Å²) in [4.78, 5) is 15.9. The highest BCUT2D eigenvalue weighted by atomic mass is 19.1. The Hall–Kier alpha value is -2.36. The fraction of sp³-hybridized carbons (Fsp3) is 0.278. The van der Waals surface area contributed by atoms with Gasteiger partial charge in [-0.25, -0.2) is 4.39 Å². The van der Waals surface area contributed by atoms with Crippen molar-refractivity contribution in [1.29, 1.82) is 0 Å². The Morgan fingerprint density at radius 2 is 1.45 bits per heavy atom. The van der Waals surface area contributed by atoms with Crippen LogP contribution in [-0.4, -0.2) is 32.0 Å². The third kappa shape index (κ3) is 4.32. The summed E-state index contributed by atoms with van der Waals surface area (Å²) in [5.41, 5.74) is 3.03. The van der Waals surface area contributed by atoms with Crippen LogP contribution in [0.1, 0.15) is 11.1 Å². The molecule has 0 spiro atoms. The average molecular weight is 300 g/mol. The van der Waals surface area contributed by atoms with Gasteiger partial charge in [-0.05, 0) is 35.4 Å². The molecule has 1 amide bonds. The molecule has 0 aliphatic carbocycles. The molecule has 2 aromatic rings. The number of amides is 1. The summed E-state index contributed by atoms with van der Waals surface area (Å²) in [6, 6.07) is 14.2. The van der Waals surface area contributed by atoms with Crippen molar-refractivity contribution in [1.82, 2.24) is 4.90 Å². The molecule has 0 saturated carbocycles. The van der Waals surface area contributed by atoms with Crippen LogP contribution >= 0.6 is 0 Å². The van der Waals surface area contributed by atoms with Gasteiger partial charge < -0.3 is 9.80 Å². The minimum absolute atomic E-state index is 0.0169. The van der Waals surface area contributed by atoms with Crippen LogP contribution in [0.15, 0.2) is 48.5 Å². The van der Waals surface area contributed by atoms with Gasteiger partial charge in [-0.15, -0.1) is 0 Å². The van der Waals surface area contributed by atoms with Gasteiger partial charge in [0, 0.05) is 33.4 Å². The second kappa shape index (κ2) is 7.07. The summed E-state index contributed by atoms with van der Waals surface area (Å²) in [6.07, 6.45) is 0.284. The Balaban J connectivity index is 1.94. The second-order valence-electron chi connectivity index (χ2n) is 5.61. The molecule has 4 heteroatoms. The lowest BCUT2D eigenvalue weighted by atomic mass is 10.1. The van der Waals surface area contributed by atoms with Gasteiger partial charge in [0.2, 0.25) is 5.91 Å². The smallest absolute Gasteiger partial charge is 0.227 e. The minimum atomic E-state index is -0.287. The first-order valence-corrected chi connectivity index (χ1v) is 7.20. The molecular formula is C18H21FN2O. The molecule has 116 valence electrons. The Labute approximate surface area is 131 Å². The lowest BCUT2D eigenvalue weighted by molar-refractivity contribution is -0.129. The minimum Gasteiger partial charge on any atom is -0.378 e. The Bertz CT molecular complexity index is 621. The van der Waals surface area contributed by atoms with E-state index in [4.69, 9.17) is 0 Å². The summed E-state index contributed by atoms with van der Waals surface area (Å²) in [7, 11) is 5.77. The van der Waals surface area contributed by atoms with Crippen LogP contribution in [-0.2, 0) is 17.8 Å². The van der Waals surface area contributed by atoms with Gasteiger partial charge in [0.05, 0.1) is 6.42 Å². The van der Waals surface area contributed by atoms with Gasteiger partial charge in [-0.2, -0.15) is 0 Å². The van der Waals surface area contributed by atoms with Crippen LogP contribution in [0.2, 0.25) is 0 Å². The van der Waals surface area contributed by atoms with Crippen LogP contribution in [0.4, 0.5) is 10.1 Å². The number of carbonyl (C=O) groups is 1. The quantitative estimate of drug-likeness (QED) is 0.847. The zero-order chi connectivity index (χ0) is 16.1. The molecule has 2 aromatic carbocycles. The highest BCUT2D eigenvalue weighted by Crippen LogP contribution is 2.14. The fourth-order valence-electron chi connectivity index (χ4n) is 2.17. The van der Waals surface area contributed by atoms with E-state index in [9.17, 15) is 9.18 Å². The molecule has 0 aliphatic rings. The average Bonchev–Trinajstić information content (AvgIpc) is 2.50. The number of rotatable bonds is 5. The number of halogens is 1. The molecule has 0 saturated heterocycles. The standard InChI is InChI=1S/C18H21FN2O/c1-20(2)17-10-6-15(7-11-17)13-21(3)18(22)12-14-4-8-16(19)9-5-14/h4-11H,12-13H2,1-3H3. The number of carbonyl (C=O) groups excluding carboxylic acids is 1. The number of likely N-dealkylation sites (N-methyl/N-ethyl adjacent to an activating group) is 1. The molecule has 0 radical (unpaired) electrons. The molecule has 0 N–H and O–H groups in total. The molecule has 0 bridgehead atoms. The van der Waals surface area contributed by atoms with Gasteiger partial charge in [0.1, 0.15) is 5.82 Å². The van der Waals surface area contributed by atoms with Crippen LogP contribution < -0.4 is 4.90 Å². The fourth-order valence-corrected chi connectivity index (χ4v) is 2.17. The predicted molar refractivity (Wildman–Crippen MR) is 87.3 cm³/mol. The largest absolute Gasteiger partial charge is 0.378 e. The number of hydrogen-bond donors (Lipinski definition) is 0. The summed E-state index contributed by atoms with van der Waals surface area (Å²) in [5, 5.41) is 0. The predicted octanol–water partition coefficient (Wildman–Crippen LogP) is 3.09. The zero-order valence-electron chi connectivity index (χ0n) is 13.2. The monoisotopic (exact) mass is 300 g/mol. The number of nitrogens with zero attached hydrogens (tertiary/aromatic N) is 2. The van der Waals surface area contributed by atoms with Crippen LogP contribution in [0.5, 0.6) is 0 Å². The van der Waals surface area contributed by atoms with Gasteiger partial charge >= 0.3 is 0 Å². The first-order valence-electron chi connectivity index (χ1n) is 7.20. The van der Waals surface area contributed by atoms with Gasteiger partial charge in [-0.1, -0.05) is 24.3 Å². The third-order valence-electron chi connectivity index (χ3n) is 3.57. The van der Waals surface area contributed by atoms with Crippen molar-refractivity contribution in [2.75, 3.05) is 26.0 Å². The van der Waals surface area contributed by atoms with Gasteiger partial charge in [0.15, 0.2) is 0 Å². The molecule has 0 aromatic heterocycles. The van der Waals surface area contributed by atoms with Crippen LogP contribution in [0.25, 0.3) is 0 Å². The summed E-state index contributed by atoms with van der Waals surface area (Å²) in [5.74, 6) is -0.270. The SMILES string of the molecule is CN(Cc1ccc(N(C)C)cc1)C(=O)Cc1ccc(F)cc1. The van der Waals surface area contributed by atoms with Crippen molar-refractivity contribution in [3.8, 4) is 0 Å². The molecule has 22 heavy (non-hydrogen) atoms. The van der Waals surface area contributed by atoms with E-state index in [0.29, 0.717) is 6.54 Å². The van der Waals surface area contributed by atoms with Crippen LogP contribution in [0.3, 0.4) is 0 Å². The first-order chi connectivity index (χ1) is 10.5. The zero-order valence-corrected chi connectivity index (χ0v) is 13.2. The molecule has 0 fully saturated rings. The summed E-state index contributed by atoms with van der Waals surface area (Å²) < 4.78 is 12.9.